The minimum atomic E-state index is -0.481. The molecule has 0 aromatic heterocycles. The van der Waals surface area contributed by atoms with E-state index >= 15 is 0 Å². The first kappa shape index (κ1) is 18.8. The van der Waals surface area contributed by atoms with E-state index in [0.717, 1.165) is 6.42 Å². The van der Waals surface area contributed by atoms with Crippen LogP contribution in [0.3, 0.4) is 0 Å². The number of likely N-dealkylation sites (tertiary alicyclic amines) is 1. The molecule has 25 heavy (non-hydrogen) atoms. The maximum Gasteiger partial charge on any atom is 0.410 e. The van der Waals surface area contributed by atoms with Crippen LogP contribution in [0.15, 0.2) is 18.2 Å². The van der Waals surface area contributed by atoms with Crippen LogP contribution in [0.2, 0.25) is 10.0 Å². The second-order valence-corrected chi connectivity index (χ2v) is 8.83. The van der Waals surface area contributed by atoms with E-state index < -0.39 is 5.60 Å². The monoisotopic (exact) mass is 385 g/mol. The van der Waals surface area contributed by atoms with Crippen LogP contribution in [0.25, 0.3) is 0 Å². The zero-order valence-electron chi connectivity index (χ0n) is 15.1. The highest BCUT2D eigenvalue weighted by atomic mass is 35.5. The van der Waals surface area contributed by atoms with Gasteiger partial charge in [0.05, 0.1) is 16.7 Å². The van der Waals surface area contributed by atoms with Crippen molar-refractivity contribution in [1.29, 1.82) is 0 Å². The summed E-state index contributed by atoms with van der Waals surface area (Å²) in [6, 6.07) is 5.88. The molecular weight excluding hydrogens is 361 g/mol. The van der Waals surface area contributed by atoms with E-state index in [1.165, 1.54) is 5.56 Å². The molecule has 1 amide bonds. The Morgan fingerprint density at radius 1 is 1.32 bits per heavy atom. The molecule has 0 N–H and O–H groups in total. The predicted molar refractivity (Wildman–Crippen MR) is 99.4 cm³/mol. The van der Waals surface area contributed by atoms with Gasteiger partial charge in [-0.2, -0.15) is 0 Å². The van der Waals surface area contributed by atoms with Gasteiger partial charge in [0.1, 0.15) is 5.60 Å². The van der Waals surface area contributed by atoms with Gasteiger partial charge in [0.15, 0.2) is 0 Å². The third-order valence-corrected chi connectivity index (χ3v) is 6.11. The fourth-order valence-corrected chi connectivity index (χ4v) is 4.51. The van der Waals surface area contributed by atoms with Crippen molar-refractivity contribution in [3.05, 3.63) is 33.8 Å². The van der Waals surface area contributed by atoms with Crippen molar-refractivity contribution in [2.45, 2.75) is 38.2 Å². The molecule has 1 aromatic carbocycles. The van der Waals surface area contributed by atoms with Gasteiger partial charge in [-0.3, -0.25) is 0 Å². The average molecular weight is 386 g/mol. The Morgan fingerprint density at radius 3 is 2.64 bits per heavy atom. The van der Waals surface area contributed by atoms with Gasteiger partial charge in [-0.05, 0) is 56.7 Å². The number of amides is 1. The molecule has 2 aliphatic rings. The van der Waals surface area contributed by atoms with Gasteiger partial charge in [-0.15, -0.1) is 0 Å². The van der Waals surface area contributed by atoms with Crippen LogP contribution in [0.5, 0.6) is 0 Å². The second-order valence-electron chi connectivity index (χ2n) is 8.01. The number of carbonyl (C=O) groups is 1. The Labute approximate surface area is 159 Å². The van der Waals surface area contributed by atoms with Gasteiger partial charge in [-0.1, -0.05) is 29.3 Å². The topological polar surface area (TPSA) is 38.8 Å². The van der Waals surface area contributed by atoms with Gasteiger partial charge in [0, 0.05) is 25.6 Å². The molecule has 138 valence electrons. The number of fused-ring (bicyclic) bond motifs is 1. The van der Waals surface area contributed by atoms with E-state index in [1.54, 1.807) is 7.11 Å². The van der Waals surface area contributed by atoms with Gasteiger partial charge in [0.2, 0.25) is 0 Å². The van der Waals surface area contributed by atoms with Crippen molar-refractivity contribution in [2.24, 2.45) is 11.8 Å². The molecule has 0 radical (unpaired) electrons. The van der Waals surface area contributed by atoms with Crippen LogP contribution in [0.4, 0.5) is 4.79 Å². The van der Waals surface area contributed by atoms with Gasteiger partial charge in [0.25, 0.3) is 0 Å². The lowest BCUT2D eigenvalue weighted by molar-refractivity contribution is 0.0198. The van der Waals surface area contributed by atoms with E-state index in [4.69, 9.17) is 32.7 Å². The van der Waals surface area contributed by atoms with Crippen LogP contribution in [-0.2, 0) is 14.9 Å². The maximum atomic E-state index is 12.4. The fraction of sp³-hybridized carbons (Fsp3) is 0.632. The third kappa shape index (κ3) is 3.49. The number of piperidine rings is 1. The average Bonchev–Trinajstić information content (AvgIpc) is 3.17. The van der Waals surface area contributed by atoms with E-state index in [-0.39, 0.29) is 11.5 Å². The molecule has 1 aromatic rings. The Balaban J connectivity index is 1.80. The highest BCUT2D eigenvalue weighted by Gasteiger charge is 2.67. The maximum absolute atomic E-state index is 12.4. The first-order valence-corrected chi connectivity index (χ1v) is 9.37. The molecule has 3 rings (SSSR count). The largest absolute Gasteiger partial charge is 0.444 e. The molecule has 3 atom stereocenters. The van der Waals surface area contributed by atoms with Gasteiger partial charge in [-0.25, -0.2) is 4.79 Å². The van der Waals surface area contributed by atoms with Crippen molar-refractivity contribution < 1.29 is 14.3 Å². The third-order valence-electron chi connectivity index (χ3n) is 5.37. The van der Waals surface area contributed by atoms with Crippen LogP contribution >= 0.6 is 23.2 Å². The lowest BCUT2D eigenvalue weighted by Gasteiger charge is -2.33. The Bertz CT molecular complexity index is 673. The highest BCUT2D eigenvalue weighted by molar-refractivity contribution is 6.42. The SMILES string of the molecule is COCC1[C@H]2CN(C(=O)OC(C)(C)C)CC[C@@]12c1ccc(Cl)c(Cl)c1. The summed E-state index contributed by atoms with van der Waals surface area (Å²) in [5.74, 6) is 0.730. The summed E-state index contributed by atoms with van der Waals surface area (Å²) < 4.78 is 11.0. The predicted octanol–water partition coefficient (Wildman–Crippen LogP) is 4.76. The smallest absolute Gasteiger partial charge is 0.410 e. The first-order valence-electron chi connectivity index (χ1n) is 8.61. The van der Waals surface area contributed by atoms with Crippen LogP contribution in [-0.4, -0.2) is 43.4 Å². The first-order chi connectivity index (χ1) is 11.7. The molecule has 6 heteroatoms. The minimum Gasteiger partial charge on any atom is -0.444 e. The van der Waals surface area contributed by atoms with Gasteiger partial charge >= 0.3 is 6.09 Å². The Hall–Kier alpha value is -0.970. The summed E-state index contributed by atoms with van der Waals surface area (Å²) in [7, 11) is 1.72. The van der Waals surface area contributed by atoms with Crippen molar-refractivity contribution in [3.8, 4) is 0 Å². The molecule has 2 fully saturated rings. The normalized spacial score (nSPS) is 28.5. The van der Waals surface area contributed by atoms with Crippen molar-refractivity contribution >= 4 is 29.3 Å². The van der Waals surface area contributed by atoms with Crippen molar-refractivity contribution in [3.63, 3.8) is 0 Å². The summed E-state index contributed by atoms with van der Waals surface area (Å²) in [6.45, 7) is 7.70. The number of hydrogen-bond donors (Lipinski definition) is 0. The van der Waals surface area contributed by atoms with Crippen LogP contribution in [0, 0.1) is 11.8 Å². The number of halogens is 2. The summed E-state index contributed by atoms with van der Waals surface area (Å²) in [6.07, 6.45) is 0.640. The number of carbonyl (C=O) groups excluding carboxylic acids is 1. The zero-order valence-corrected chi connectivity index (χ0v) is 16.7. The molecule has 1 saturated heterocycles. The second kappa shape index (κ2) is 6.64. The molecular formula is C19H25Cl2NO3. The molecule has 0 bridgehead atoms. The highest BCUT2D eigenvalue weighted by Crippen LogP contribution is 2.64. The number of nitrogens with zero attached hydrogens (tertiary/aromatic N) is 1. The number of benzene rings is 1. The molecule has 1 unspecified atom stereocenters. The van der Waals surface area contributed by atoms with E-state index in [1.807, 2.05) is 37.8 Å². The molecule has 1 heterocycles. The number of hydrogen-bond acceptors (Lipinski definition) is 3. The van der Waals surface area contributed by atoms with Gasteiger partial charge < -0.3 is 14.4 Å². The minimum absolute atomic E-state index is 0.0166. The van der Waals surface area contributed by atoms with Crippen molar-refractivity contribution in [2.75, 3.05) is 26.8 Å². The lowest BCUT2D eigenvalue weighted by atomic mass is 9.86. The van der Waals surface area contributed by atoms with Crippen LogP contribution < -0.4 is 0 Å². The van der Waals surface area contributed by atoms with Crippen LogP contribution in [0.1, 0.15) is 32.8 Å². The molecule has 0 spiro atoms. The summed E-state index contributed by atoms with van der Waals surface area (Å²) in [5, 5.41) is 1.14. The van der Waals surface area contributed by atoms with Crippen molar-refractivity contribution in [1.82, 2.24) is 4.90 Å². The summed E-state index contributed by atoms with van der Waals surface area (Å²) >= 11 is 12.3. The number of ether oxygens (including phenoxy) is 2. The van der Waals surface area contributed by atoms with E-state index in [0.29, 0.717) is 41.6 Å². The lowest BCUT2D eigenvalue weighted by Crippen LogP contribution is -2.43. The standard InChI is InChI=1S/C19H25Cl2NO3/c1-18(2,3)25-17(23)22-8-7-19(13(10-22)14(19)11-24-4)12-5-6-15(20)16(21)9-12/h5-6,9,13-14H,7-8,10-11H2,1-4H3/t13-,14?,19+/m1/s1. The molecule has 4 nitrogen and oxygen atoms in total. The zero-order chi connectivity index (χ0) is 18.4. The molecule has 1 aliphatic carbocycles. The Kier molecular flexibility index (Phi) is 5.00. The summed E-state index contributed by atoms with van der Waals surface area (Å²) in [5.41, 5.74) is 0.728. The number of methoxy groups -OCH3 is 1. The van der Waals surface area contributed by atoms with E-state index in [9.17, 15) is 4.79 Å². The number of rotatable bonds is 3. The fourth-order valence-electron chi connectivity index (χ4n) is 4.21. The molecule has 1 aliphatic heterocycles. The quantitative estimate of drug-likeness (QED) is 0.752. The van der Waals surface area contributed by atoms with E-state index in [2.05, 4.69) is 6.07 Å². The molecule has 1 saturated carbocycles. The summed E-state index contributed by atoms with van der Waals surface area (Å²) in [4.78, 5) is 14.2. The Morgan fingerprint density at radius 2 is 2.04 bits per heavy atom.